The average Bonchev–Trinajstić information content (AvgIpc) is 2.62. The maximum Gasteiger partial charge on any atom is 0.326 e. The topological polar surface area (TPSA) is 69.6 Å². The number of hydrogen-bond acceptors (Lipinski definition) is 3. The standard InChI is InChI=1S/C9H9NO2.C2H6O/c11-9(12)8-5-6-3-1-2-4-7(6)10-8;1-2-3/h1-4,8,10H,5H2,(H,11,12);3H,2H2,1H3. The Hall–Kier alpha value is -1.55. The highest BCUT2D eigenvalue weighted by Crippen LogP contribution is 2.24. The van der Waals surface area contributed by atoms with Crippen LogP contribution in [-0.4, -0.2) is 28.8 Å². The molecular weight excluding hydrogens is 194 g/mol. The van der Waals surface area contributed by atoms with Crippen LogP contribution in [0.15, 0.2) is 24.3 Å². The lowest BCUT2D eigenvalue weighted by Gasteiger charge is -2.02. The summed E-state index contributed by atoms with van der Waals surface area (Å²) in [6.45, 7) is 1.93. The van der Waals surface area contributed by atoms with Crippen LogP contribution in [0.5, 0.6) is 0 Å². The summed E-state index contributed by atoms with van der Waals surface area (Å²) in [6.07, 6.45) is 0.589. The SMILES string of the molecule is CCO.O=C(O)C1Cc2ccccc2N1. The zero-order valence-corrected chi connectivity index (χ0v) is 8.60. The molecule has 1 unspecified atom stereocenters. The predicted molar refractivity (Wildman–Crippen MR) is 58.0 cm³/mol. The second-order valence-electron chi connectivity index (χ2n) is 3.21. The first-order chi connectivity index (χ1) is 7.19. The summed E-state index contributed by atoms with van der Waals surface area (Å²) in [5, 5.41) is 19.2. The third-order valence-corrected chi connectivity index (χ3v) is 2.07. The number of carboxylic acids is 1. The minimum Gasteiger partial charge on any atom is -0.480 e. The molecule has 1 aromatic carbocycles. The van der Waals surface area contributed by atoms with Crippen LogP contribution in [0.3, 0.4) is 0 Å². The summed E-state index contributed by atoms with van der Waals surface area (Å²) in [5.41, 5.74) is 2.04. The average molecular weight is 209 g/mol. The van der Waals surface area contributed by atoms with Gasteiger partial charge in [0.05, 0.1) is 0 Å². The van der Waals surface area contributed by atoms with Crippen molar-refractivity contribution in [2.75, 3.05) is 11.9 Å². The van der Waals surface area contributed by atoms with E-state index in [2.05, 4.69) is 5.32 Å². The van der Waals surface area contributed by atoms with E-state index in [9.17, 15) is 4.79 Å². The smallest absolute Gasteiger partial charge is 0.326 e. The minimum absolute atomic E-state index is 0.250. The van der Waals surface area contributed by atoms with Gasteiger partial charge in [-0.15, -0.1) is 0 Å². The van der Waals surface area contributed by atoms with Crippen molar-refractivity contribution in [3.05, 3.63) is 29.8 Å². The van der Waals surface area contributed by atoms with Gasteiger partial charge in [-0.25, -0.2) is 4.79 Å². The summed E-state index contributed by atoms with van der Waals surface area (Å²) >= 11 is 0. The number of nitrogens with one attached hydrogen (secondary N) is 1. The molecule has 1 atom stereocenters. The second kappa shape index (κ2) is 5.36. The van der Waals surface area contributed by atoms with Crippen LogP contribution in [0, 0.1) is 0 Å². The molecule has 1 aromatic rings. The van der Waals surface area contributed by atoms with Crippen LogP contribution < -0.4 is 5.32 Å². The number of benzene rings is 1. The Morgan fingerprint density at radius 3 is 2.67 bits per heavy atom. The van der Waals surface area contributed by atoms with Gasteiger partial charge in [0.15, 0.2) is 0 Å². The normalized spacial score (nSPS) is 17.1. The number of aliphatic carboxylic acids is 1. The number of rotatable bonds is 1. The number of hydrogen-bond donors (Lipinski definition) is 3. The molecule has 0 amide bonds. The Labute approximate surface area is 88.6 Å². The molecule has 1 aliphatic heterocycles. The van der Waals surface area contributed by atoms with Crippen LogP contribution in [0.25, 0.3) is 0 Å². The lowest BCUT2D eigenvalue weighted by atomic mass is 10.1. The van der Waals surface area contributed by atoms with E-state index in [0.29, 0.717) is 6.42 Å². The summed E-state index contributed by atoms with van der Waals surface area (Å²) in [6, 6.07) is 7.23. The van der Waals surface area contributed by atoms with Crippen LogP contribution in [0.4, 0.5) is 5.69 Å². The molecule has 0 aromatic heterocycles. The number of para-hydroxylation sites is 1. The number of anilines is 1. The van der Waals surface area contributed by atoms with Crippen LogP contribution >= 0.6 is 0 Å². The van der Waals surface area contributed by atoms with E-state index in [0.717, 1.165) is 11.3 Å². The molecule has 3 N–H and O–H groups in total. The molecule has 0 saturated carbocycles. The van der Waals surface area contributed by atoms with Crippen molar-refractivity contribution in [1.29, 1.82) is 0 Å². The van der Waals surface area contributed by atoms with Gasteiger partial charge in [-0.05, 0) is 18.6 Å². The first-order valence-corrected chi connectivity index (χ1v) is 4.87. The number of aliphatic hydroxyl groups excluding tert-OH is 1. The Kier molecular flexibility index (Phi) is 4.12. The molecule has 0 spiro atoms. The van der Waals surface area contributed by atoms with Gasteiger partial charge in [0.25, 0.3) is 0 Å². The van der Waals surface area contributed by atoms with E-state index < -0.39 is 12.0 Å². The van der Waals surface area contributed by atoms with E-state index in [1.165, 1.54) is 0 Å². The fraction of sp³-hybridized carbons (Fsp3) is 0.364. The zero-order chi connectivity index (χ0) is 11.3. The molecule has 4 nitrogen and oxygen atoms in total. The van der Waals surface area contributed by atoms with Crippen molar-refractivity contribution in [3.8, 4) is 0 Å². The maximum absolute atomic E-state index is 10.6. The molecule has 2 rings (SSSR count). The highest BCUT2D eigenvalue weighted by Gasteiger charge is 2.25. The molecule has 1 heterocycles. The van der Waals surface area contributed by atoms with Crippen molar-refractivity contribution in [2.24, 2.45) is 0 Å². The van der Waals surface area contributed by atoms with E-state index in [1.807, 2.05) is 24.3 Å². The Bertz CT molecular complexity index is 313. The minimum atomic E-state index is -0.786. The largest absolute Gasteiger partial charge is 0.480 e. The second-order valence-corrected chi connectivity index (χ2v) is 3.21. The van der Waals surface area contributed by atoms with E-state index in [4.69, 9.17) is 10.2 Å². The molecule has 15 heavy (non-hydrogen) atoms. The lowest BCUT2D eigenvalue weighted by Crippen LogP contribution is -2.26. The third kappa shape index (κ3) is 2.95. The Morgan fingerprint density at radius 1 is 1.53 bits per heavy atom. The van der Waals surface area contributed by atoms with Crippen molar-refractivity contribution in [1.82, 2.24) is 0 Å². The molecule has 0 fully saturated rings. The maximum atomic E-state index is 10.6. The van der Waals surface area contributed by atoms with Gasteiger partial charge in [-0.1, -0.05) is 18.2 Å². The van der Waals surface area contributed by atoms with Gasteiger partial charge in [0, 0.05) is 18.7 Å². The number of fused-ring (bicyclic) bond motifs is 1. The van der Waals surface area contributed by atoms with E-state index in [1.54, 1.807) is 6.92 Å². The summed E-state index contributed by atoms with van der Waals surface area (Å²) in [7, 11) is 0. The van der Waals surface area contributed by atoms with E-state index >= 15 is 0 Å². The van der Waals surface area contributed by atoms with Gasteiger partial charge in [-0.2, -0.15) is 0 Å². The van der Waals surface area contributed by atoms with Gasteiger partial charge in [0.1, 0.15) is 6.04 Å². The van der Waals surface area contributed by atoms with Gasteiger partial charge in [0.2, 0.25) is 0 Å². The highest BCUT2D eigenvalue weighted by atomic mass is 16.4. The van der Waals surface area contributed by atoms with Crippen molar-refractivity contribution in [3.63, 3.8) is 0 Å². The third-order valence-electron chi connectivity index (χ3n) is 2.07. The predicted octanol–water partition coefficient (Wildman–Crippen LogP) is 1.11. The van der Waals surface area contributed by atoms with Gasteiger partial charge < -0.3 is 15.5 Å². The van der Waals surface area contributed by atoms with E-state index in [-0.39, 0.29) is 6.61 Å². The van der Waals surface area contributed by atoms with Crippen molar-refractivity contribution >= 4 is 11.7 Å². The number of carbonyl (C=O) groups is 1. The highest BCUT2D eigenvalue weighted by molar-refractivity contribution is 5.81. The Balaban J connectivity index is 0.000000337. The molecular formula is C11H15NO3. The van der Waals surface area contributed by atoms with Crippen LogP contribution in [-0.2, 0) is 11.2 Å². The monoisotopic (exact) mass is 209 g/mol. The molecule has 0 radical (unpaired) electrons. The fourth-order valence-electron chi connectivity index (χ4n) is 1.45. The fourth-order valence-corrected chi connectivity index (χ4v) is 1.45. The summed E-state index contributed by atoms with van der Waals surface area (Å²) in [5.74, 6) is -0.786. The quantitative estimate of drug-likeness (QED) is 0.648. The molecule has 0 bridgehead atoms. The molecule has 0 aliphatic carbocycles. The molecule has 0 saturated heterocycles. The Morgan fingerprint density at radius 2 is 2.13 bits per heavy atom. The lowest BCUT2D eigenvalue weighted by molar-refractivity contribution is -0.137. The summed E-state index contributed by atoms with van der Waals surface area (Å²) < 4.78 is 0. The van der Waals surface area contributed by atoms with Crippen molar-refractivity contribution < 1.29 is 15.0 Å². The first kappa shape index (κ1) is 11.5. The molecule has 4 heteroatoms. The van der Waals surface area contributed by atoms with Gasteiger partial charge >= 0.3 is 5.97 Å². The zero-order valence-electron chi connectivity index (χ0n) is 8.60. The molecule has 82 valence electrons. The first-order valence-electron chi connectivity index (χ1n) is 4.87. The van der Waals surface area contributed by atoms with Crippen LogP contribution in [0.2, 0.25) is 0 Å². The number of aliphatic hydroxyl groups is 1. The van der Waals surface area contributed by atoms with Crippen molar-refractivity contribution in [2.45, 2.75) is 19.4 Å². The summed E-state index contributed by atoms with van der Waals surface area (Å²) in [4.78, 5) is 10.6. The number of carboxylic acid groups (broad SMARTS) is 1. The van der Waals surface area contributed by atoms with Gasteiger partial charge in [-0.3, -0.25) is 0 Å². The van der Waals surface area contributed by atoms with Crippen LogP contribution in [0.1, 0.15) is 12.5 Å². The molecule has 1 aliphatic rings.